The van der Waals surface area contributed by atoms with E-state index in [1.807, 2.05) is 0 Å². The van der Waals surface area contributed by atoms with Crippen LogP contribution >= 0.6 is 15.9 Å². The molecule has 1 fully saturated rings. The fourth-order valence-corrected chi connectivity index (χ4v) is 4.30. The zero-order valence-electron chi connectivity index (χ0n) is 10.7. The molecule has 1 saturated carbocycles. The topological polar surface area (TPSA) is 0 Å². The first-order chi connectivity index (χ1) is 7.45. The highest BCUT2D eigenvalue weighted by molar-refractivity contribution is 9.09. The molecule has 0 amide bonds. The maximum Gasteiger partial charge on any atom is 0.0239 e. The zero-order valence-corrected chi connectivity index (χ0v) is 12.3. The summed E-state index contributed by atoms with van der Waals surface area (Å²) in [5.74, 6) is 1.51. The van der Waals surface area contributed by atoms with Gasteiger partial charge in [-0.3, -0.25) is 0 Å². The molecule has 2 rings (SSSR count). The fraction of sp³-hybridized carbons (Fsp3) is 0.733. The van der Waals surface area contributed by atoms with Gasteiger partial charge in [-0.1, -0.05) is 46.7 Å². The van der Waals surface area contributed by atoms with Crippen molar-refractivity contribution in [2.24, 2.45) is 17.3 Å². The summed E-state index contributed by atoms with van der Waals surface area (Å²) < 4.78 is 0. The lowest BCUT2D eigenvalue weighted by atomic mass is 9.57. The molecule has 0 spiro atoms. The van der Waals surface area contributed by atoms with Crippen molar-refractivity contribution in [3.8, 4) is 0 Å². The third-order valence-corrected chi connectivity index (χ3v) is 6.38. The van der Waals surface area contributed by atoms with Gasteiger partial charge in [0.05, 0.1) is 0 Å². The van der Waals surface area contributed by atoms with Gasteiger partial charge in [0.2, 0.25) is 0 Å². The predicted molar refractivity (Wildman–Crippen MR) is 74.8 cm³/mol. The Morgan fingerprint density at radius 1 is 1.56 bits per heavy atom. The molecule has 2 aliphatic carbocycles. The number of hydrogen-bond acceptors (Lipinski definition) is 0. The van der Waals surface area contributed by atoms with E-state index >= 15 is 0 Å². The van der Waals surface area contributed by atoms with E-state index in [-0.39, 0.29) is 0 Å². The van der Waals surface area contributed by atoms with Crippen LogP contribution < -0.4 is 0 Å². The Balaban J connectivity index is 2.25. The van der Waals surface area contributed by atoms with Crippen molar-refractivity contribution in [3.63, 3.8) is 0 Å². The highest BCUT2D eigenvalue weighted by Crippen LogP contribution is 2.55. The van der Waals surface area contributed by atoms with Gasteiger partial charge in [0.15, 0.2) is 0 Å². The summed E-state index contributed by atoms with van der Waals surface area (Å²) in [5.41, 5.74) is 3.47. The minimum Gasteiger partial charge on any atom is -0.0999 e. The summed E-state index contributed by atoms with van der Waals surface area (Å²) in [6.45, 7) is 11.1. The van der Waals surface area contributed by atoms with Gasteiger partial charge in [-0.25, -0.2) is 0 Å². The third kappa shape index (κ3) is 1.92. The van der Waals surface area contributed by atoms with E-state index in [2.05, 4.69) is 49.4 Å². The van der Waals surface area contributed by atoms with Crippen LogP contribution in [0.25, 0.3) is 0 Å². The Bertz CT molecular complexity index is 328. The molecular formula is C15H23Br. The first-order valence-electron chi connectivity index (χ1n) is 6.41. The number of hydrogen-bond donors (Lipinski definition) is 0. The van der Waals surface area contributed by atoms with Crippen LogP contribution in [-0.2, 0) is 0 Å². The SMILES string of the molecule is C=C(C)[C@@H]1CC[C@@]2(C)[C@H](Br)CC=C(C)[C@@H]2C1. The Morgan fingerprint density at radius 2 is 2.25 bits per heavy atom. The number of alkyl halides is 1. The van der Waals surface area contributed by atoms with Crippen LogP contribution in [-0.4, -0.2) is 4.83 Å². The van der Waals surface area contributed by atoms with Crippen LogP contribution in [0.5, 0.6) is 0 Å². The molecule has 90 valence electrons. The molecule has 2 aliphatic rings. The molecule has 0 aliphatic heterocycles. The van der Waals surface area contributed by atoms with Crippen LogP contribution in [0.3, 0.4) is 0 Å². The van der Waals surface area contributed by atoms with Crippen molar-refractivity contribution in [3.05, 3.63) is 23.8 Å². The van der Waals surface area contributed by atoms with Gasteiger partial charge >= 0.3 is 0 Å². The Labute approximate surface area is 108 Å². The summed E-state index contributed by atoms with van der Waals surface area (Å²) in [6.07, 6.45) is 7.63. The number of allylic oxidation sites excluding steroid dienone is 3. The molecule has 0 aromatic carbocycles. The van der Waals surface area contributed by atoms with Crippen molar-refractivity contribution >= 4 is 15.9 Å². The van der Waals surface area contributed by atoms with E-state index < -0.39 is 0 Å². The highest BCUT2D eigenvalue weighted by Gasteiger charge is 2.46. The maximum absolute atomic E-state index is 4.15. The van der Waals surface area contributed by atoms with Gasteiger partial charge in [0.1, 0.15) is 0 Å². The molecule has 1 heteroatoms. The standard InChI is InChI=1S/C15H23Br/c1-10(2)12-7-8-15(4)13(9-12)11(3)5-6-14(15)16/h5,12-14H,1,6-9H2,2-4H3/t12-,13+,14-,15-/m1/s1. The van der Waals surface area contributed by atoms with Crippen LogP contribution in [0.2, 0.25) is 0 Å². The zero-order chi connectivity index (χ0) is 11.9. The molecule has 0 unspecified atom stereocenters. The largest absolute Gasteiger partial charge is 0.0999 e. The first kappa shape index (κ1) is 12.4. The Kier molecular flexibility index (Phi) is 3.36. The van der Waals surface area contributed by atoms with Crippen LogP contribution in [0, 0.1) is 17.3 Å². The molecule has 0 radical (unpaired) electrons. The number of fused-ring (bicyclic) bond motifs is 1. The highest BCUT2D eigenvalue weighted by atomic mass is 79.9. The monoisotopic (exact) mass is 282 g/mol. The van der Waals surface area contributed by atoms with Gasteiger partial charge < -0.3 is 0 Å². The fourth-order valence-electron chi connectivity index (χ4n) is 3.56. The lowest BCUT2D eigenvalue weighted by Crippen LogP contribution is -2.43. The average Bonchev–Trinajstić information content (AvgIpc) is 2.24. The van der Waals surface area contributed by atoms with Gasteiger partial charge in [-0.05, 0) is 56.8 Å². The second-order valence-electron chi connectivity index (χ2n) is 6.03. The molecule has 0 aromatic rings. The third-order valence-electron chi connectivity index (χ3n) is 4.96. The summed E-state index contributed by atoms with van der Waals surface area (Å²) in [5, 5.41) is 0. The second kappa shape index (κ2) is 4.33. The van der Waals surface area contributed by atoms with Crippen molar-refractivity contribution in [1.82, 2.24) is 0 Å². The van der Waals surface area contributed by atoms with E-state index in [0.717, 1.165) is 11.8 Å². The van der Waals surface area contributed by atoms with Crippen molar-refractivity contribution in [2.75, 3.05) is 0 Å². The minimum absolute atomic E-state index is 0.477. The van der Waals surface area contributed by atoms with Gasteiger partial charge in [0, 0.05) is 4.83 Å². The van der Waals surface area contributed by atoms with Crippen LogP contribution in [0.4, 0.5) is 0 Å². The maximum atomic E-state index is 4.15. The van der Waals surface area contributed by atoms with Crippen molar-refractivity contribution in [2.45, 2.75) is 51.3 Å². The van der Waals surface area contributed by atoms with Gasteiger partial charge in [-0.2, -0.15) is 0 Å². The molecule has 16 heavy (non-hydrogen) atoms. The van der Waals surface area contributed by atoms with E-state index in [4.69, 9.17) is 0 Å². The van der Waals surface area contributed by atoms with E-state index in [1.54, 1.807) is 5.57 Å². The lowest BCUT2D eigenvalue weighted by Gasteiger charge is -2.50. The van der Waals surface area contributed by atoms with E-state index in [9.17, 15) is 0 Å². The van der Waals surface area contributed by atoms with Crippen molar-refractivity contribution in [1.29, 1.82) is 0 Å². The second-order valence-corrected chi connectivity index (χ2v) is 7.13. The smallest absolute Gasteiger partial charge is 0.0239 e. The van der Waals surface area contributed by atoms with Crippen molar-refractivity contribution < 1.29 is 0 Å². The molecule has 0 bridgehead atoms. The quantitative estimate of drug-likeness (QED) is 0.464. The Hall–Kier alpha value is -0.0400. The Morgan fingerprint density at radius 3 is 2.88 bits per heavy atom. The molecule has 4 atom stereocenters. The molecule has 0 saturated heterocycles. The summed E-state index contributed by atoms with van der Waals surface area (Å²) in [7, 11) is 0. The molecule has 0 nitrogen and oxygen atoms in total. The van der Waals surface area contributed by atoms with Gasteiger partial charge in [-0.15, -0.1) is 0 Å². The first-order valence-corrected chi connectivity index (χ1v) is 7.33. The molecule has 0 N–H and O–H groups in total. The van der Waals surface area contributed by atoms with E-state index in [0.29, 0.717) is 10.2 Å². The summed E-state index contributed by atoms with van der Waals surface area (Å²) >= 11 is 3.90. The summed E-state index contributed by atoms with van der Waals surface area (Å²) in [6, 6.07) is 0. The van der Waals surface area contributed by atoms with Crippen LogP contribution in [0.15, 0.2) is 23.8 Å². The molecule has 0 aromatic heterocycles. The predicted octanol–water partition coefficient (Wildman–Crippen LogP) is 5.10. The molecular weight excluding hydrogens is 260 g/mol. The number of rotatable bonds is 1. The van der Waals surface area contributed by atoms with Gasteiger partial charge in [0.25, 0.3) is 0 Å². The van der Waals surface area contributed by atoms with E-state index in [1.165, 1.54) is 31.3 Å². The lowest BCUT2D eigenvalue weighted by molar-refractivity contribution is 0.107. The van der Waals surface area contributed by atoms with Crippen LogP contribution in [0.1, 0.15) is 46.5 Å². The number of halogens is 1. The molecule has 0 heterocycles. The average molecular weight is 283 g/mol. The minimum atomic E-state index is 0.477. The summed E-state index contributed by atoms with van der Waals surface area (Å²) in [4.78, 5) is 0.666. The normalized spacial score (nSPS) is 43.5.